The lowest BCUT2D eigenvalue weighted by Crippen LogP contribution is -2.36. The molecule has 0 spiro atoms. The van der Waals surface area contributed by atoms with Gasteiger partial charge in [-0.1, -0.05) is 53.7 Å². The molecule has 1 aliphatic heterocycles. The van der Waals surface area contributed by atoms with Crippen molar-refractivity contribution < 1.29 is 18.4 Å². The van der Waals surface area contributed by atoms with Crippen molar-refractivity contribution in [3.63, 3.8) is 0 Å². The number of benzene rings is 3. The molecule has 7 heteroatoms. The van der Waals surface area contributed by atoms with E-state index in [0.29, 0.717) is 62.5 Å². The second kappa shape index (κ2) is 9.94. The maximum Gasteiger partial charge on any atom is 0.258 e. The second-order valence-corrected chi connectivity index (χ2v) is 7.82. The van der Waals surface area contributed by atoms with E-state index in [1.54, 1.807) is 6.07 Å². The summed E-state index contributed by atoms with van der Waals surface area (Å²) in [5, 5.41) is 4.09. The van der Waals surface area contributed by atoms with Crippen LogP contribution in [0.25, 0.3) is 22.8 Å². The molecule has 0 N–H and O–H groups in total. The highest BCUT2D eigenvalue weighted by molar-refractivity contribution is 5.64. The summed E-state index contributed by atoms with van der Waals surface area (Å²) in [5.41, 5.74) is 3.98. The lowest BCUT2D eigenvalue weighted by Gasteiger charge is -2.29. The fourth-order valence-electron chi connectivity index (χ4n) is 3.86. The molecule has 0 aliphatic carbocycles. The standard InChI is InChI=1S/C26H24FN3O3/c27-23-16-20(10-11-24(23)30-12-14-31-15-13-30)25-28-26(33-29-25)22-9-5-4-8-21(22)18-32-17-19-6-2-1-3-7-19/h1-11,16H,12-15,17-18H2. The molecule has 1 aromatic heterocycles. The zero-order chi connectivity index (χ0) is 22.5. The number of ether oxygens (including phenoxy) is 2. The third-order valence-electron chi connectivity index (χ3n) is 5.60. The SMILES string of the molecule is Fc1cc(-c2noc(-c3ccccc3COCc3ccccc3)n2)ccc1N1CCOCC1. The Balaban J connectivity index is 1.32. The zero-order valence-corrected chi connectivity index (χ0v) is 18.1. The molecule has 0 atom stereocenters. The third kappa shape index (κ3) is 4.94. The lowest BCUT2D eigenvalue weighted by molar-refractivity contribution is 0.107. The van der Waals surface area contributed by atoms with Crippen LogP contribution in [0, 0.1) is 5.82 Å². The van der Waals surface area contributed by atoms with Crippen LogP contribution in [0.15, 0.2) is 77.3 Å². The summed E-state index contributed by atoms with van der Waals surface area (Å²) < 4.78 is 31.6. The molecule has 1 aliphatic rings. The average Bonchev–Trinajstić information content (AvgIpc) is 3.36. The van der Waals surface area contributed by atoms with Gasteiger partial charge in [-0.15, -0.1) is 0 Å². The van der Waals surface area contributed by atoms with Crippen LogP contribution in [-0.2, 0) is 22.7 Å². The zero-order valence-electron chi connectivity index (χ0n) is 18.1. The van der Waals surface area contributed by atoms with Gasteiger partial charge in [0, 0.05) is 24.2 Å². The van der Waals surface area contributed by atoms with E-state index in [0.717, 1.165) is 16.7 Å². The third-order valence-corrected chi connectivity index (χ3v) is 5.60. The monoisotopic (exact) mass is 445 g/mol. The van der Waals surface area contributed by atoms with Crippen molar-refractivity contribution in [3.05, 3.63) is 89.7 Å². The van der Waals surface area contributed by atoms with Crippen LogP contribution in [0.5, 0.6) is 0 Å². The Labute approximate surface area is 191 Å². The van der Waals surface area contributed by atoms with Gasteiger partial charge in [0.15, 0.2) is 0 Å². The largest absolute Gasteiger partial charge is 0.378 e. The Morgan fingerprint density at radius 3 is 2.52 bits per heavy atom. The highest BCUT2D eigenvalue weighted by atomic mass is 19.1. The number of rotatable bonds is 7. The maximum absolute atomic E-state index is 14.8. The summed E-state index contributed by atoms with van der Waals surface area (Å²) in [7, 11) is 0. The van der Waals surface area contributed by atoms with Crippen molar-refractivity contribution >= 4 is 5.69 Å². The van der Waals surface area contributed by atoms with E-state index < -0.39 is 0 Å². The summed E-state index contributed by atoms with van der Waals surface area (Å²) in [6.45, 7) is 3.47. The first-order chi connectivity index (χ1) is 16.3. The Morgan fingerprint density at radius 2 is 1.70 bits per heavy atom. The summed E-state index contributed by atoms with van der Waals surface area (Å²) in [4.78, 5) is 6.51. The predicted molar refractivity (Wildman–Crippen MR) is 123 cm³/mol. The highest BCUT2D eigenvalue weighted by Crippen LogP contribution is 2.29. The number of nitrogens with zero attached hydrogens (tertiary/aromatic N) is 3. The van der Waals surface area contributed by atoms with Gasteiger partial charge in [0.2, 0.25) is 5.82 Å². The number of hydrogen-bond donors (Lipinski definition) is 0. The highest BCUT2D eigenvalue weighted by Gasteiger charge is 2.18. The maximum atomic E-state index is 14.8. The number of hydrogen-bond acceptors (Lipinski definition) is 6. The molecule has 5 rings (SSSR count). The Hall–Kier alpha value is -3.55. The van der Waals surface area contributed by atoms with Crippen LogP contribution in [0.4, 0.5) is 10.1 Å². The van der Waals surface area contributed by atoms with E-state index in [-0.39, 0.29) is 5.82 Å². The minimum atomic E-state index is -0.310. The first-order valence-electron chi connectivity index (χ1n) is 10.9. The molecule has 3 aromatic carbocycles. The molecule has 0 saturated carbocycles. The number of aromatic nitrogens is 2. The van der Waals surface area contributed by atoms with Gasteiger partial charge in [0.05, 0.1) is 32.1 Å². The summed E-state index contributed by atoms with van der Waals surface area (Å²) >= 11 is 0. The summed E-state index contributed by atoms with van der Waals surface area (Å²) in [6, 6.07) is 22.8. The van der Waals surface area contributed by atoms with E-state index in [9.17, 15) is 4.39 Å². The molecule has 33 heavy (non-hydrogen) atoms. The lowest BCUT2D eigenvalue weighted by atomic mass is 10.1. The topological polar surface area (TPSA) is 60.6 Å². The second-order valence-electron chi connectivity index (χ2n) is 7.82. The van der Waals surface area contributed by atoms with Crippen molar-refractivity contribution in [2.45, 2.75) is 13.2 Å². The molecule has 0 amide bonds. The van der Waals surface area contributed by atoms with Gasteiger partial charge in [-0.3, -0.25) is 0 Å². The molecule has 1 fully saturated rings. The molecule has 0 unspecified atom stereocenters. The van der Waals surface area contributed by atoms with Crippen molar-refractivity contribution in [1.82, 2.24) is 10.1 Å². The van der Waals surface area contributed by atoms with Crippen LogP contribution < -0.4 is 4.90 Å². The van der Waals surface area contributed by atoms with E-state index in [1.165, 1.54) is 6.07 Å². The van der Waals surface area contributed by atoms with Crippen molar-refractivity contribution in [1.29, 1.82) is 0 Å². The quantitative estimate of drug-likeness (QED) is 0.395. The van der Waals surface area contributed by atoms with Crippen molar-refractivity contribution in [3.8, 4) is 22.8 Å². The molecule has 2 heterocycles. The summed E-state index contributed by atoms with van der Waals surface area (Å²) in [5.74, 6) is 0.412. The normalized spacial score (nSPS) is 13.9. The first-order valence-corrected chi connectivity index (χ1v) is 10.9. The fraction of sp³-hybridized carbons (Fsp3) is 0.231. The van der Waals surface area contributed by atoms with Crippen molar-refractivity contribution in [2.24, 2.45) is 0 Å². The van der Waals surface area contributed by atoms with Crippen LogP contribution in [0.3, 0.4) is 0 Å². The average molecular weight is 445 g/mol. The van der Waals surface area contributed by atoms with Crippen LogP contribution in [-0.4, -0.2) is 36.4 Å². The number of morpholine rings is 1. The van der Waals surface area contributed by atoms with E-state index >= 15 is 0 Å². The molecule has 6 nitrogen and oxygen atoms in total. The van der Waals surface area contributed by atoms with E-state index in [1.807, 2.05) is 65.6 Å². The number of halogens is 1. The van der Waals surface area contributed by atoms with Gasteiger partial charge in [-0.25, -0.2) is 4.39 Å². The van der Waals surface area contributed by atoms with Gasteiger partial charge < -0.3 is 18.9 Å². The smallest absolute Gasteiger partial charge is 0.258 e. The van der Waals surface area contributed by atoms with Crippen LogP contribution >= 0.6 is 0 Å². The van der Waals surface area contributed by atoms with Gasteiger partial charge in [-0.2, -0.15) is 4.98 Å². The van der Waals surface area contributed by atoms with Gasteiger partial charge >= 0.3 is 0 Å². The Kier molecular flexibility index (Phi) is 6.41. The molecular formula is C26H24FN3O3. The Morgan fingerprint density at radius 1 is 0.909 bits per heavy atom. The molecule has 1 saturated heterocycles. The van der Waals surface area contributed by atoms with Crippen LogP contribution in [0.2, 0.25) is 0 Å². The Bertz CT molecular complexity index is 1210. The summed E-state index contributed by atoms with van der Waals surface area (Å²) in [6.07, 6.45) is 0. The van der Waals surface area contributed by atoms with Crippen LogP contribution in [0.1, 0.15) is 11.1 Å². The molecular weight excluding hydrogens is 421 g/mol. The van der Waals surface area contributed by atoms with Gasteiger partial charge in [-0.05, 0) is 35.4 Å². The fourth-order valence-corrected chi connectivity index (χ4v) is 3.86. The van der Waals surface area contributed by atoms with Gasteiger partial charge in [0.25, 0.3) is 5.89 Å². The minimum Gasteiger partial charge on any atom is -0.378 e. The van der Waals surface area contributed by atoms with Gasteiger partial charge in [0.1, 0.15) is 5.82 Å². The van der Waals surface area contributed by atoms with E-state index in [4.69, 9.17) is 14.0 Å². The molecule has 4 aromatic rings. The number of anilines is 1. The minimum absolute atomic E-state index is 0.310. The molecule has 168 valence electrons. The molecule has 0 bridgehead atoms. The molecule has 0 radical (unpaired) electrons. The predicted octanol–water partition coefficient (Wildman–Crippen LogP) is 5.10. The van der Waals surface area contributed by atoms with Crippen molar-refractivity contribution in [2.75, 3.05) is 31.2 Å². The first kappa shape index (κ1) is 21.3. The van der Waals surface area contributed by atoms with E-state index in [2.05, 4.69) is 10.1 Å².